The Kier molecular flexibility index (Phi) is 6.75. The molecule has 2 aromatic rings. The van der Waals surface area contributed by atoms with Crippen molar-refractivity contribution in [2.45, 2.75) is 0 Å². The van der Waals surface area contributed by atoms with Gasteiger partial charge in [-0.3, -0.25) is 9.59 Å². The van der Waals surface area contributed by atoms with Gasteiger partial charge in [-0.15, -0.1) is 0 Å². The molecule has 5 nitrogen and oxygen atoms in total. The van der Waals surface area contributed by atoms with E-state index in [0.717, 1.165) is 18.2 Å². The van der Waals surface area contributed by atoms with E-state index in [1.54, 1.807) is 0 Å². The summed E-state index contributed by atoms with van der Waals surface area (Å²) in [5, 5.41) is 4.61. The van der Waals surface area contributed by atoms with E-state index in [4.69, 9.17) is 11.6 Å². The number of halogens is 5. The molecule has 27 heavy (non-hydrogen) atoms. The number of carbonyl (C=O) groups excluding carboxylic acids is 2. The van der Waals surface area contributed by atoms with Crippen LogP contribution >= 0.6 is 11.6 Å². The number of nitrogens with one attached hydrogen (secondary N) is 3. The lowest BCUT2D eigenvalue weighted by Gasteiger charge is -2.14. The largest absolute Gasteiger partial charge is 0.322 e. The van der Waals surface area contributed by atoms with Crippen LogP contribution in [0.2, 0.25) is 5.02 Å². The summed E-state index contributed by atoms with van der Waals surface area (Å²) in [6, 6.07) is 5.04. The van der Waals surface area contributed by atoms with Crippen molar-refractivity contribution < 1.29 is 32.1 Å². The van der Waals surface area contributed by atoms with E-state index in [1.807, 2.05) is 0 Å². The molecule has 10 heteroatoms. The number of hydrogen-bond acceptors (Lipinski definition) is 2. The first-order valence-electron chi connectivity index (χ1n) is 7.67. The van der Waals surface area contributed by atoms with Crippen LogP contribution in [0.15, 0.2) is 30.3 Å². The lowest BCUT2D eigenvalue weighted by molar-refractivity contribution is -0.862. The Morgan fingerprint density at radius 3 is 2.07 bits per heavy atom. The van der Waals surface area contributed by atoms with Crippen LogP contribution in [-0.4, -0.2) is 32.0 Å². The second-order valence-electron chi connectivity index (χ2n) is 5.75. The molecule has 0 spiro atoms. The number of rotatable bonds is 6. The maximum Gasteiger partial charge on any atom is 0.279 e. The average molecular weight is 405 g/mol. The summed E-state index contributed by atoms with van der Waals surface area (Å²) in [6.45, 7) is -0.398. The van der Waals surface area contributed by atoms with E-state index < -0.39 is 40.8 Å². The van der Waals surface area contributed by atoms with Crippen molar-refractivity contribution in [2.24, 2.45) is 0 Å². The Morgan fingerprint density at radius 1 is 0.926 bits per heavy atom. The zero-order chi connectivity index (χ0) is 20.1. The number of quaternary nitrogens is 1. The molecule has 0 radical (unpaired) electrons. The van der Waals surface area contributed by atoms with Crippen molar-refractivity contribution in [3.05, 3.63) is 58.6 Å². The fourth-order valence-corrected chi connectivity index (χ4v) is 2.43. The van der Waals surface area contributed by atoms with Crippen LogP contribution in [0, 0.1) is 23.3 Å². The summed E-state index contributed by atoms with van der Waals surface area (Å²) in [7, 11) is 1.52. The van der Waals surface area contributed by atoms with Crippen molar-refractivity contribution in [1.82, 2.24) is 0 Å². The quantitative estimate of drug-likeness (QED) is 0.509. The fraction of sp³-hybridized carbons (Fsp3) is 0.176. The molecule has 1 unspecified atom stereocenters. The third kappa shape index (κ3) is 5.66. The van der Waals surface area contributed by atoms with Crippen molar-refractivity contribution in [1.29, 1.82) is 0 Å². The second kappa shape index (κ2) is 8.83. The zero-order valence-electron chi connectivity index (χ0n) is 14.0. The topological polar surface area (TPSA) is 62.6 Å². The summed E-state index contributed by atoms with van der Waals surface area (Å²) in [5.74, 6) is -6.32. The Labute approximate surface area is 156 Å². The summed E-state index contributed by atoms with van der Waals surface area (Å²) in [5.41, 5.74) is -0.293. The van der Waals surface area contributed by atoms with E-state index in [1.165, 1.54) is 13.1 Å². The molecule has 0 aromatic heterocycles. The minimum Gasteiger partial charge on any atom is -0.322 e. The highest BCUT2D eigenvalue weighted by Gasteiger charge is 2.19. The number of hydrogen-bond donors (Lipinski definition) is 3. The van der Waals surface area contributed by atoms with Crippen LogP contribution in [0.1, 0.15) is 0 Å². The van der Waals surface area contributed by atoms with Gasteiger partial charge in [0, 0.05) is 0 Å². The third-order valence-electron chi connectivity index (χ3n) is 3.44. The minimum absolute atomic E-state index is 0.0209. The highest BCUT2D eigenvalue weighted by Crippen LogP contribution is 2.22. The van der Waals surface area contributed by atoms with Gasteiger partial charge in [0.05, 0.1) is 23.4 Å². The molecule has 2 aromatic carbocycles. The SMILES string of the molecule is C[NH+](CC(=O)Nc1ccc(F)cc1Cl)CC(=O)Nc1ccc(F)c(F)c1F. The molecule has 0 heterocycles. The highest BCUT2D eigenvalue weighted by molar-refractivity contribution is 6.33. The van der Waals surface area contributed by atoms with Crippen LogP contribution in [0.4, 0.5) is 28.9 Å². The molecule has 0 saturated heterocycles. The monoisotopic (exact) mass is 404 g/mol. The summed E-state index contributed by atoms with van der Waals surface area (Å²) in [6.07, 6.45) is 0. The molecule has 0 saturated carbocycles. The molecule has 1 atom stereocenters. The van der Waals surface area contributed by atoms with Gasteiger partial charge in [-0.2, -0.15) is 0 Å². The predicted octanol–water partition coefficient (Wildman–Crippen LogP) is 1.99. The van der Waals surface area contributed by atoms with E-state index in [-0.39, 0.29) is 23.8 Å². The van der Waals surface area contributed by atoms with Gasteiger partial charge in [0.1, 0.15) is 5.82 Å². The van der Waals surface area contributed by atoms with Gasteiger partial charge in [0.15, 0.2) is 30.5 Å². The normalized spacial score (nSPS) is 11.8. The number of carbonyl (C=O) groups is 2. The first-order valence-corrected chi connectivity index (χ1v) is 8.04. The van der Waals surface area contributed by atoms with Crippen LogP contribution in [0.25, 0.3) is 0 Å². The lowest BCUT2D eigenvalue weighted by atomic mass is 10.2. The summed E-state index contributed by atoms with van der Waals surface area (Å²) >= 11 is 5.80. The molecule has 0 bridgehead atoms. The van der Waals surface area contributed by atoms with Gasteiger partial charge >= 0.3 is 0 Å². The highest BCUT2D eigenvalue weighted by atomic mass is 35.5. The molecule has 3 N–H and O–H groups in total. The predicted molar refractivity (Wildman–Crippen MR) is 91.6 cm³/mol. The molecular formula is C17H15ClF4N3O2+. The standard InChI is InChI=1S/C17H14ClF4N3O2/c1-25(7-14(26)23-12-4-2-9(19)6-10(12)18)8-15(27)24-13-5-3-11(20)16(21)17(13)22/h2-6H,7-8H2,1H3,(H,23,26)(H,24,27)/p+1. The maximum atomic E-state index is 13.5. The van der Waals surface area contributed by atoms with Crippen LogP contribution in [-0.2, 0) is 9.59 Å². The number of benzene rings is 2. The van der Waals surface area contributed by atoms with Gasteiger partial charge < -0.3 is 15.5 Å². The smallest absolute Gasteiger partial charge is 0.279 e. The van der Waals surface area contributed by atoms with Gasteiger partial charge in [-0.05, 0) is 30.3 Å². The molecule has 0 aliphatic heterocycles. The number of amides is 2. The Bertz CT molecular complexity index is 879. The van der Waals surface area contributed by atoms with E-state index >= 15 is 0 Å². The molecule has 0 aliphatic rings. The summed E-state index contributed by atoms with van der Waals surface area (Å²) in [4.78, 5) is 24.3. The number of anilines is 2. The Balaban J connectivity index is 1.89. The fourth-order valence-electron chi connectivity index (χ4n) is 2.21. The van der Waals surface area contributed by atoms with Crippen LogP contribution < -0.4 is 15.5 Å². The maximum absolute atomic E-state index is 13.5. The van der Waals surface area contributed by atoms with E-state index in [9.17, 15) is 27.2 Å². The zero-order valence-corrected chi connectivity index (χ0v) is 14.8. The van der Waals surface area contributed by atoms with Gasteiger partial charge in [-0.1, -0.05) is 11.6 Å². The van der Waals surface area contributed by atoms with E-state index in [2.05, 4.69) is 10.6 Å². The minimum atomic E-state index is -1.69. The van der Waals surface area contributed by atoms with Crippen LogP contribution in [0.5, 0.6) is 0 Å². The van der Waals surface area contributed by atoms with Crippen molar-refractivity contribution >= 4 is 34.8 Å². The Morgan fingerprint density at radius 2 is 1.48 bits per heavy atom. The van der Waals surface area contributed by atoms with Gasteiger partial charge in [-0.25, -0.2) is 17.6 Å². The van der Waals surface area contributed by atoms with Crippen molar-refractivity contribution in [3.8, 4) is 0 Å². The van der Waals surface area contributed by atoms with Gasteiger partial charge in [0.2, 0.25) is 0 Å². The first kappa shape index (κ1) is 20.7. The summed E-state index contributed by atoms with van der Waals surface area (Å²) < 4.78 is 52.5. The molecule has 2 rings (SSSR count). The Hall–Kier alpha value is -2.65. The average Bonchev–Trinajstić information content (AvgIpc) is 2.57. The van der Waals surface area contributed by atoms with Crippen molar-refractivity contribution in [3.63, 3.8) is 0 Å². The van der Waals surface area contributed by atoms with E-state index in [0.29, 0.717) is 11.0 Å². The van der Waals surface area contributed by atoms with Crippen LogP contribution in [0.3, 0.4) is 0 Å². The first-order chi connectivity index (χ1) is 12.7. The second-order valence-corrected chi connectivity index (χ2v) is 6.16. The van der Waals surface area contributed by atoms with Crippen molar-refractivity contribution in [2.75, 3.05) is 30.8 Å². The third-order valence-corrected chi connectivity index (χ3v) is 3.75. The molecule has 2 amide bonds. The number of likely N-dealkylation sites (N-methyl/N-ethyl adjacent to an activating group) is 1. The van der Waals surface area contributed by atoms with Gasteiger partial charge in [0.25, 0.3) is 11.8 Å². The molecule has 0 aliphatic carbocycles. The molecular weight excluding hydrogens is 390 g/mol. The lowest BCUT2D eigenvalue weighted by Crippen LogP contribution is -3.11. The molecule has 144 valence electrons. The molecule has 0 fully saturated rings.